The zero-order valence-corrected chi connectivity index (χ0v) is 18.6. The molecule has 0 atom stereocenters. The van der Waals surface area contributed by atoms with Gasteiger partial charge < -0.3 is 10.6 Å². The second-order valence-corrected chi connectivity index (χ2v) is 7.29. The Morgan fingerprint density at radius 3 is 2.71 bits per heavy atom. The third kappa shape index (κ3) is 6.29. The fourth-order valence-corrected chi connectivity index (χ4v) is 3.35. The molecule has 132 valence electrons. The van der Waals surface area contributed by atoms with Gasteiger partial charge in [-0.2, -0.15) is 0 Å². The average Bonchev–Trinajstić information content (AvgIpc) is 2.84. The lowest BCUT2D eigenvalue weighted by atomic mass is 10.2. The molecule has 8 heteroatoms. The monoisotopic (exact) mass is 526 g/mol. The van der Waals surface area contributed by atoms with Gasteiger partial charge in [-0.25, -0.2) is 9.37 Å². The Hall–Kier alpha value is -0.740. The Labute approximate surface area is 171 Å². The van der Waals surface area contributed by atoms with Crippen molar-refractivity contribution in [2.24, 2.45) is 4.99 Å². The quantitative estimate of drug-likeness (QED) is 0.349. The highest BCUT2D eigenvalue weighted by Crippen LogP contribution is 2.16. The maximum atomic E-state index is 13.7. The maximum Gasteiger partial charge on any atom is 0.191 e. The fourth-order valence-electron chi connectivity index (χ4n) is 2.01. The number of nitrogens with zero attached hydrogens (tertiary/aromatic N) is 2. The predicted molar refractivity (Wildman–Crippen MR) is 113 cm³/mol. The summed E-state index contributed by atoms with van der Waals surface area (Å²) in [4.78, 5) is 9.92. The molecule has 0 saturated carbocycles. The van der Waals surface area contributed by atoms with Gasteiger partial charge in [0, 0.05) is 41.5 Å². The Morgan fingerprint density at radius 2 is 2.08 bits per heavy atom. The van der Waals surface area contributed by atoms with Crippen molar-refractivity contribution in [1.29, 1.82) is 0 Å². The van der Waals surface area contributed by atoms with Crippen LogP contribution in [0.25, 0.3) is 0 Å². The topological polar surface area (TPSA) is 49.3 Å². The van der Waals surface area contributed by atoms with Gasteiger partial charge in [-0.3, -0.25) is 4.99 Å². The van der Waals surface area contributed by atoms with Crippen LogP contribution in [0.5, 0.6) is 0 Å². The highest BCUT2D eigenvalue weighted by molar-refractivity contribution is 14.0. The molecule has 0 aliphatic heterocycles. The molecule has 4 nitrogen and oxygen atoms in total. The van der Waals surface area contributed by atoms with Gasteiger partial charge in [0.2, 0.25) is 0 Å². The average molecular weight is 527 g/mol. The van der Waals surface area contributed by atoms with Crippen molar-refractivity contribution >= 4 is 57.2 Å². The molecule has 0 spiro atoms. The van der Waals surface area contributed by atoms with Gasteiger partial charge in [-0.15, -0.1) is 35.3 Å². The molecular formula is C16H21BrFIN4S. The molecule has 2 rings (SSSR count). The minimum atomic E-state index is -0.232. The minimum Gasteiger partial charge on any atom is -0.356 e. The van der Waals surface area contributed by atoms with E-state index in [4.69, 9.17) is 0 Å². The van der Waals surface area contributed by atoms with Crippen LogP contribution >= 0.6 is 51.2 Å². The van der Waals surface area contributed by atoms with Gasteiger partial charge in [0.25, 0.3) is 0 Å². The summed E-state index contributed by atoms with van der Waals surface area (Å²) in [6.45, 7) is 5.21. The summed E-state index contributed by atoms with van der Waals surface area (Å²) >= 11 is 5.07. The van der Waals surface area contributed by atoms with Crippen LogP contribution in [0.4, 0.5) is 4.39 Å². The van der Waals surface area contributed by atoms with Crippen LogP contribution < -0.4 is 10.6 Å². The van der Waals surface area contributed by atoms with E-state index >= 15 is 0 Å². The summed E-state index contributed by atoms with van der Waals surface area (Å²) in [5.41, 5.74) is 1.69. The van der Waals surface area contributed by atoms with Crippen molar-refractivity contribution in [3.05, 3.63) is 49.6 Å². The van der Waals surface area contributed by atoms with E-state index < -0.39 is 0 Å². The number of benzene rings is 1. The highest BCUT2D eigenvalue weighted by Gasteiger charge is 2.06. The Morgan fingerprint density at radius 1 is 1.33 bits per heavy atom. The molecule has 1 aromatic heterocycles. The summed E-state index contributed by atoms with van der Waals surface area (Å²) in [6.07, 6.45) is 0.839. The Bertz CT molecular complexity index is 686. The second kappa shape index (κ2) is 10.3. The first-order chi connectivity index (χ1) is 11.0. The lowest BCUT2D eigenvalue weighted by Gasteiger charge is -2.12. The molecule has 0 aliphatic rings. The summed E-state index contributed by atoms with van der Waals surface area (Å²) < 4.78 is 14.6. The van der Waals surface area contributed by atoms with E-state index in [-0.39, 0.29) is 29.8 Å². The van der Waals surface area contributed by atoms with Crippen LogP contribution in [-0.4, -0.2) is 24.5 Å². The molecule has 0 bridgehead atoms. The number of rotatable bonds is 5. The first-order valence-corrected chi connectivity index (χ1v) is 8.92. The normalized spacial score (nSPS) is 11.1. The van der Waals surface area contributed by atoms with Crippen LogP contribution in [0.3, 0.4) is 0 Å². The number of aryl methyl sites for hydroxylation is 2. The lowest BCUT2D eigenvalue weighted by Crippen LogP contribution is -2.38. The number of guanidine groups is 1. The van der Waals surface area contributed by atoms with Gasteiger partial charge >= 0.3 is 0 Å². The number of halogens is 3. The lowest BCUT2D eigenvalue weighted by molar-refractivity contribution is 0.604. The zero-order valence-electron chi connectivity index (χ0n) is 13.8. The van der Waals surface area contributed by atoms with Crippen LogP contribution in [0.15, 0.2) is 27.7 Å². The van der Waals surface area contributed by atoms with Crippen molar-refractivity contribution in [2.75, 3.05) is 13.6 Å². The molecule has 0 aliphatic carbocycles. The predicted octanol–water partition coefficient (Wildman–Crippen LogP) is 4.19. The molecule has 1 aromatic carbocycles. The second-order valence-electron chi connectivity index (χ2n) is 5.09. The molecule has 2 aromatic rings. The molecule has 0 amide bonds. The van der Waals surface area contributed by atoms with Gasteiger partial charge in [0.05, 0.1) is 10.7 Å². The summed E-state index contributed by atoms with van der Waals surface area (Å²) in [6, 6.07) is 4.89. The largest absolute Gasteiger partial charge is 0.356 e. The summed E-state index contributed by atoms with van der Waals surface area (Å²) in [5, 5.41) is 7.45. The van der Waals surface area contributed by atoms with E-state index in [1.807, 2.05) is 6.92 Å². The van der Waals surface area contributed by atoms with E-state index in [1.54, 1.807) is 30.5 Å². The van der Waals surface area contributed by atoms with Crippen molar-refractivity contribution in [2.45, 2.75) is 26.8 Å². The van der Waals surface area contributed by atoms with Crippen LogP contribution in [0, 0.1) is 19.7 Å². The first kappa shape index (κ1) is 21.3. The van der Waals surface area contributed by atoms with Crippen molar-refractivity contribution in [3.8, 4) is 0 Å². The molecule has 0 unspecified atom stereocenters. The van der Waals surface area contributed by atoms with E-state index in [9.17, 15) is 4.39 Å². The molecule has 0 saturated heterocycles. The van der Waals surface area contributed by atoms with Gasteiger partial charge in [0.1, 0.15) is 5.82 Å². The van der Waals surface area contributed by atoms with Gasteiger partial charge in [-0.1, -0.05) is 15.9 Å². The molecule has 0 radical (unpaired) electrons. The number of nitrogens with one attached hydrogen (secondary N) is 2. The summed E-state index contributed by atoms with van der Waals surface area (Å²) in [7, 11) is 1.70. The third-order valence-electron chi connectivity index (χ3n) is 3.38. The zero-order chi connectivity index (χ0) is 16.8. The maximum absolute atomic E-state index is 13.7. The number of aliphatic imine (C=N–C) groups is 1. The SMILES string of the molecule is CN=C(NCCc1nc(C)c(C)s1)NCc1cc(Br)ccc1F.I. The number of aromatic nitrogens is 1. The van der Waals surface area contributed by atoms with E-state index in [0.717, 1.165) is 28.1 Å². The van der Waals surface area contributed by atoms with E-state index in [1.165, 1.54) is 10.9 Å². The van der Waals surface area contributed by atoms with Gasteiger partial charge in [0.15, 0.2) is 5.96 Å². The Balaban J connectivity index is 0.00000288. The Kier molecular flexibility index (Phi) is 9.14. The number of thiazole rings is 1. The molecule has 24 heavy (non-hydrogen) atoms. The van der Waals surface area contributed by atoms with Crippen LogP contribution in [0.2, 0.25) is 0 Å². The first-order valence-electron chi connectivity index (χ1n) is 7.31. The van der Waals surface area contributed by atoms with Crippen molar-refractivity contribution < 1.29 is 4.39 Å². The molecular weight excluding hydrogens is 506 g/mol. The minimum absolute atomic E-state index is 0. The third-order valence-corrected chi connectivity index (χ3v) is 5.01. The van der Waals surface area contributed by atoms with E-state index in [2.05, 4.69) is 43.5 Å². The molecule has 1 heterocycles. The molecule has 0 fully saturated rings. The van der Waals surface area contributed by atoms with Crippen molar-refractivity contribution in [3.63, 3.8) is 0 Å². The number of hydrogen-bond donors (Lipinski definition) is 2. The smallest absolute Gasteiger partial charge is 0.191 e. The molecule has 2 N–H and O–H groups in total. The van der Waals surface area contributed by atoms with Crippen LogP contribution in [-0.2, 0) is 13.0 Å². The van der Waals surface area contributed by atoms with E-state index in [0.29, 0.717) is 18.1 Å². The number of hydrogen-bond acceptors (Lipinski definition) is 3. The van der Waals surface area contributed by atoms with Crippen LogP contribution in [0.1, 0.15) is 21.1 Å². The highest BCUT2D eigenvalue weighted by atomic mass is 127. The fraction of sp³-hybridized carbons (Fsp3) is 0.375. The van der Waals surface area contributed by atoms with Gasteiger partial charge in [-0.05, 0) is 32.0 Å². The summed E-state index contributed by atoms with van der Waals surface area (Å²) in [5.74, 6) is 0.416. The standard InChI is InChI=1S/C16H20BrFN4S.HI/c1-10-11(2)23-15(22-10)6-7-20-16(19-3)21-9-12-8-13(17)4-5-14(12)18;/h4-5,8H,6-7,9H2,1-3H3,(H2,19,20,21);1H. The van der Waals surface area contributed by atoms with Crippen molar-refractivity contribution in [1.82, 2.24) is 15.6 Å².